The van der Waals surface area contributed by atoms with E-state index in [1.54, 1.807) is 6.92 Å². The van der Waals surface area contributed by atoms with Crippen molar-refractivity contribution in [2.24, 2.45) is 0 Å². The minimum absolute atomic E-state index is 0.0289. The van der Waals surface area contributed by atoms with Gasteiger partial charge in [-0.2, -0.15) is 10.1 Å². The molecule has 0 aromatic carbocycles. The molecule has 0 radical (unpaired) electrons. The highest BCUT2D eigenvalue weighted by Gasteiger charge is 2.43. The summed E-state index contributed by atoms with van der Waals surface area (Å²) in [4.78, 5) is 30.5. The number of piperidine rings is 1. The molecule has 1 fully saturated rings. The number of carbonyl (C=O) groups excluding carboxylic acids is 1. The van der Waals surface area contributed by atoms with Crippen molar-refractivity contribution < 1.29 is 9.53 Å². The lowest BCUT2D eigenvalue weighted by Gasteiger charge is -2.43. The highest BCUT2D eigenvalue weighted by Crippen LogP contribution is 2.40. The maximum Gasteiger partial charge on any atom is 0.348 e. The van der Waals surface area contributed by atoms with Gasteiger partial charge in [0.25, 0.3) is 0 Å². The van der Waals surface area contributed by atoms with Crippen molar-refractivity contribution in [3.8, 4) is 0 Å². The van der Waals surface area contributed by atoms with Crippen molar-refractivity contribution in [1.82, 2.24) is 24.6 Å². The molecule has 0 bridgehead atoms. The predicted molar refractivity (Wildman–Crippen MR) is 93.7 cm³/mol. The molecule has 2 aromatic rings. The van der Waals surface area contributed by atoms with Gasteiger partial charge in [0, 0.05) is 24.5 Å². The Labute approximate surface area is 151 Å². The molecule has 1 amide bonds. The second-order valence-corrected chi connectivity index (χ2v) is 7.15. The number of H-pyrrole nitrogens is 1. The van der Waals surface area contributed by atoms with Gasteiger partial charge in [0.1, 0.15) is 12.1 Å². The summed E-state index contributed by atoms with van der Waals surface area (Å²) in [5.41, 5.74) is 2.96. The van der Waals surface area contributed by atoms with Crippen LogP contribution in [0, 0.1) is 13.8 Å². The molecule has 4 rings (SSSR count). The topological polar surface area (TPSA) is 93.1 Å². The molecule has 2 aromatic heterocycles. The third-order valence-corrected chi connectivity index (χ3v) is 5.49. The van der Waals surface area contributed by atoms with E-state index in [2.05, 4.69) is 15.2 Å². The highest BCUT2D eigenvalue weighted by atomic mass is 16.5. The van der Waals surface area contributed by atoms with Gasteiger partial charge in [-0.25, -0.2) is 4.79 Å². The lowest BCUT2D eigenvalue weighted by molar-refractivity contribution is -0.141. The summed E-state index contributed by atoms with van der Waals surface area (Å²) >= 11 is 0. The number of aromatic amines is 1. The lowest BCUT2D eigenvalue weighted by Crippen LogP contribution is -2.49. The molecule has 0 atom stereocenters. The molecule has 1 spiro atoms. The second-order valence-electron chi connectivity index (χ2n) is 7.15. The van der Waals surface area contributed by atoms with Crippen LogP contribution in [0.4, 0.5) is 0 Å². The average Bonchev–Trinajstić information content (AvgIpc) is 3.09. The fourth-order valence-corrected chi connectivity index (χ4v) is 4.04. The summed E-state index contributed by atoms with van der Waals surface area (Å²) in [7, 11) is 0. The van der Waals surface area contributed by atoms with Gasteiger partial charge in [0.15, 0.2) is 0 Å². The van der Waals surface area contributed by atoms with Gasteiger partial charge < -0.3 is 9.64 Å². The van der Waals surface area contributed by atoms with Gasteiger partial charge in [0.05, 0.1) is 18.5 Å². The maximum absolute atomic E-state index is 12.7. The molecule has 8 nitrogen and oxygen atoms in total. The van der Waals surface area contributed by atoms with Gasteiger partial charge in [-0.3, -0.25) is 14.5 Å². The van der Waals surface area contributed by atoms with Crippen LogP contribution in [0.25, 0.3) is 0 Å². The largest absolute Gasteiger partial charge is 0.368 e. The SMILES string of the molecule is Cc1cc(C)n(CC(=O)N2CCC3(CC2)OCCc2cn[nH]c23)c(=O)n1. The van der Waals surface area contributed by atoms with Gasteiger partial charge in [0.2, 0.25) is 5.91 Å². The number of hydrogen-bond donors (Lipinski definition) is 1. The minimum Gasteiger partial charge on any atom is -0.368 e. The summed E-state index contributed by atoms with van der Waals surface area (Å²) in [6, 6.07) is 1.81. The monoisotopic (exact) mass is 357 g/mol. The summed E-state index contributed by atoms with van der Waals surface area (Å²) in [5, 5.41) is 7.25. The zero-order valence-corrected chi connectivity index (χ0v) is 15.1. The van der Waals surface area contributed by atoms with E-state index in [1.807, 2.05) is 24.1 Å². The van der Waals surface area contributed by atoms with Crippen LogP contribution in [0.3, 0.4) is 0 Å². The molecular formula is C18H23N5O3. The standard InChI is InChI=1S/C18H23N5O3/c1-12-9-13(2)23(17(25)20-12)11-15(24)22-6-4-18(5-7-22)16-14(3-8-26-18)10-19-21-16/h9-10H,3-8,11H2,1-2H3,(H,19,21). The van der Waals surface area contributed by atoms with Crippen LogP contribution < -0.4 is 5.69 Å². The first-order chi connectivity index (χ1) is 12.5. The summed E-state index contributed by atoms with van der Waals surface area (Å²) in [5.74, 6) is -0.0589. The van der Waals surface area contributed by atoms with Crippen LogP contribution >= 0.6 is 0 Å². The quantitative estimate of drug-likeness (QED) is 0.853. The second kappa shape index (κ2) is 6.35. The van der Waals surface area contributed by atoms with Gasteiger partial charge in [-0.1, -0.05) is 0 Å². The number of nitrogens with zero attached hydrogens (tertiary/aromatic N) is 4. The Morgan fingerprint density at radius 2 is 2.12 bits per heavy atom. The molecular weight excluding hydrogens is 334 g/mol. The Hall–Kier alpha value is -2.48. The Bertz CT molecular complexity index is 892. The molecule has 2 aliphatic heterocycles. The van der Waals surface area contributed by atoms with Crippen LogP contribution in [-0.2, 0) is 28.1 Å². The number of hydrogen-bond acceptors (Lipinski definition) is 5. The molecule has 138 valence electrons. The van der Waals surface area contributed by atoms with Crippen molar-refractivity contribution in [3.05, 3.63) is 45.4 Å². The number of aromatic nitrogens is 4. The molecule has 0 unspecified atom stereocenters. The first-order valence-corrected chi connectivity index (χ1v) is 8.98. The lowest BCUT2D eigenvalue weighted by atomic mass is 9.84. The highest BCUT2D eigenvalue weighted by molar-refractivity contribution is 5.76. The predicted octanol–water partition coefficient (Wildman–Crippen LogP) is 0.674. The first kappa shape index (κ1) is 17.0. The smallest absolute Gasteiger partial charge is 0.348 e. The van der Waals surface area contributed by atoms with Crippen LogP contribution in [0.5, 0.6) is 0 Å². The Morgan fingerprint density at radius 3 is 2.85 bits per heavy atom. The van der Waals surface area contributed by atoms with Crippen LogP contribution in [0.1, 0.15) is 35.5 Å². The zero-order valence-electron chi connectivity index (χ0n) is 15.1. The number of amides is 1. The van der Waals surface area contributed by atoms with E-state index in [-0.39, 0.29) is 23.7 Å². The number of likely N-dealkylation sites (tertiary alicyclic amines) is 1. The van der Waals surface area contributed by atoms with E-state index in [9.17, 15) is 9.59 Å². The molecule has 26 heavy (non-hydrogen) atoms. The van der Waals surface area contributed by atoms with Gasteiger partial charge in [-0.05, 0) is 44.7 Å². The average molecular weight is 357 g/mol. The third kappa shape index (κ3) is 2.84. The third-order valence-electron chi connectivity index (χ3n) is 5.49. The molecule has 0 saturated carbocycles. The molecule has 1 N–H and O–H groups in total. The van der Waals surface area contributed by atoms with Crippen LogP contribution in [-0.4, -0.2) is 50.3 Å². The first-order valence-electron chi connectivity index (χ1n) is 8.98. The van der Waals surface area contributed by atoms with Gasteiger partial charge >= 0.3 is 5.69 Å². The van der Waals surface area contributed by atoms with E-state index >= 15 is 0 Å². The maximum atomic E-state index is 12.7. The van der Waals surface area contributed by atoms with Crippen LogP contribution in [0.2, 0.25) is 0 Å². The summed E-state index contributed by atoms with van der Waals surface area (Å²) in [6.07, 6.45) is 4.21. The fourth-order valence-electron chi connectivity index (χ4n) is 4.04. The van der Waals surface area contributed by atoms with Crippen LogP contribution in [0.15, 0.2) is 17.1 Å². The molecule has 0 aliphatic carbocycles. The number of carbonyl (C=O) groups is 1. The number of nitrogens with one attached hydrogen (secondary N) is 1. The number of rotatable bonds is 2. The van der Waals surface area contributed by atoms with E-state index < -0.39 is 0 Å². The minimum atomic E-state index is -0.373. The Balaban J connectivity index is 1.46. The molecule has 4 heterocycles. The number of fused-ring (bicyclic) bond motifs is 2. The van der Waals surface area contributed by atoms with Crippen molar-refractivity contribution in [3.63, 3.8) is 0 Å². The van der Waals surface area contributed by atoms with Crippen molar-refractivity contribution in [1.29, 1.82) is 0 Å². The number of aryl methyl sites for hydroxylation is 2. The Kier molecular flexibility index (Phi) is 4.14. The fraction of sp³-hybridized carbons (Fsp3) is 0.556. The van der Waals surface area contributed by atoms with E-state index in [4.69, 9.17) is 4.74 Å². The molecule has 2 aliphatic rings. The zero-order chi connectivity index (χ0) is 18.3. The van der Waals surface area contributed by atoms with E-state index in [1.165, 1.54) is 10.1 Å². The normalized spacial score (nSPS) is 18.8. The molecule has 1 saturated heterocycles. The van der Waals surface area contributed by atoms with E-state index in [0.717, 1.165) is 30.7 Å². The van der Waals surface area contributed by atoms with Crippen molar-refractivity contribution in [2.45, 2.75) is 45.3 Å². The van der Waals surface area contributed by atoms with Gasteiger partial charge in [-0.15, -0.1) is 0 Å². The summed E-state index contributed by atoms with van der Waals surface area (Å²) < 4.78 is 7.55. The molecule has 8 heteroatoms. The van der Waals surface area contributed by atoms with Crippen molar-refractivity contribution >= 4 is 5.91 Å². The Morgan fingerprint density at radius 1 is 1.35 bits per heavy atom. The summed E-state index contributed by atoms with van der Waals surface area (Å²) in [6.45, 7) is 5.52. The number of ether oxygens (including phenoxy) is 1. The van der Waals surface area contributed by atoms with Crippen molar-refractivity contribution in [2.75, 3.05) is 19.7 Å². The van der Waals surface area contributed by atoms with E-state index in [0.29, 0.717) is 25.4 Å².